The lowest BCUT2D eigenvalue weighted by molar-refractivity contribution is -0.139. The maximum atomic E-state index is 11.0. The Morgan fingerprint density at radius 3 is 2.05 bits per heavy atom. The molecule has 3 nitrogen and oxygen atoms in total. The number of para-hydroxylation sites is 1. The third kappa shape index (κ3) is 11.1. The average Bonchev–Trinajstić information content (AvgIpc) is 2.48. The van der Waals surface area contributed by atoms with Crippen molar-refractivity contribution in [2.45, 2.75) is 34.6 Å². The van der Waals surface area contributed by atoms with Gasteiger partial charge in [0, 0.05) is 5.57 Å². The van der Waals surface area contributed by atoms with Gasteiger partial charge in [-0.1, -0.05) is 52.5 Å². The van der Waals surface area contributed by atoms with Crippen molar-refractivity contribution in [3.63, 3.8) is 0 Å². The van der Waals surface area contributed by atoms with E-state index in [4.69, 9.17) is 9.47 Å². The van der Waals surface area contributed by atoms with Gasteiger partial charge in [-0.25, -0.2) is 4.79 Å². The van der Waals surface area contributed by atoms with Crippen molar-refractivity contribution in [1.29, 1.82) is 0 Å². The molecule has 0 bridgehead atoms. The molecule has 19 heavy (non-hydrogen) atoms. The largest absolute Gasteiger partial charge is 0.490 e. The van der Waals surface area contributed by atoms with Gasteiger partial charge in [-0.2, -0.15) is 0 Å². The van der Waals surface area contributed by atoms with E-state index in [1.165, 1.54) is 0 Å². The van der Waals surface area contributed by atoms with Gasteiger partial charge in [-0.15, -0.1) is 0 Å². The Labute approximate surface area is 117 Å². The number of rotatable bonds is 5. The van der Waals surface area contributed by atoms with Crippen LogP contribution < -0.4 is 4.74 Å². The molecule has 0 aromatic heterocycles. The molecule has 1 aromatic rings. The summed E-state index contributed by atoms with van der Waals surface area (Å²) in [5.41, 5.74) is 0.398. The highest BCUT2D eigenvalue weighted by atomic mass is 16.6. The number of hydrogen-bond donors (Lipinski definition) is 0. The van der Waals surface area contributed by atoms with Gasteiger partial charge in [0.15, 0.2) is 0 Å². The highest BCUT2D eigenvalue weighted by Gasteiger charge is 2.01. The summed E-state index contributed by atoms with van der Waals surface area (Å²) < 4.78 is 10.2. The Hall–Kier alpha value is -1.77. The smallest absolute Gasteiger partial charge is 0.333 e. The molecule has 0 radical (unpaired) electrons. The number of esters is 1. The molecule has 0 saturated heterocycles. The minimum atomic E-state index is -0.383. The quantitative estimate of drug-likeness (QED) is 0.454. The van der Waals surface area contributed by atoms with Crippen molar-refractivity contribution in [1.82, 2.24) is 0 Å². The number of ether oxygens (including phenoxy) is 2. The predicted octanol–water partition coefficient (Wildman–Crippen LogP) is 4.24. The van der Waals surface area contributed by atoms with Crippen LogP contribution in [0.4, 0.5) is 0 Å². The molecule has 108 valence electrons. The van der Waals surface area contributed by atoms with Gasteiger partial charge in [0.1, 0.15) is 19.0 Å². The molecule has 0 amide bonds. The van der Waals surface area contributed by atoms with Crippen molar-refractivity contribution in [3.05, 3.63) is 42.5 Å². The molecule has 0 N–H and O–H groups in total. The monoisotopic (exact) mass is 266 g/mol. The molecule has 1 rings (SSSR count). The maximum Gasteiger partial charge on any atom is 0.333 e. The third-order valence-electron chi connectivity index (χ3n) is 1.68. The highest BCUT2D eigenvalue weighted by Crippen LogP contribution is 2.07. The zero-order valence-corrected chi connectivity index (χ0v) is 12.7. The Kier molecular flexibility index (Phi) is 14.7. The number of benzene rings is 1. The first-order valence-corrected chi connectivity index (χ1v) is 6.70. The first-order valence-electron chi connectivity index (χ1n) is 6.70. The van der Waals surface area contributed by atoms with Crippen molar-refractivity contribution in [2.24, 2.45) is 0 Å². The normalized spacial score (nSPS) is 8.05. The van der Waals surface area contributed by atoms with Crippen LogP contribution in [0.2, 0.25) is 0 Å². The maximum absolute atomic E-state index is 11.0. The number of carbonyl (C=O) groups is 1. The fourth-order valence-electron chi connectivity index (χ4n) is 0.934. The van der Waals surface area contributed by atoms with Gasteiger partial charge in [-0.05, 0) is 19.1 Å². The van der Waals surface area contributed by atoms with Crippen LogP contribution in [-0.4, -0.2) is 19.2 Å². The van der Waals surface area contributed by atoms with E-state index in [1.54, 1.807) is 6.92 Å². The molecule has 0 saturated carbocycles. The summed E-state index contributed by atoms with van der Waals surface area (Å²) in [5.74, 6) is 0.385. The van der Waals surface area contributed by atoms with E-state index in [1.807, 2.05) is 58.0 Å². The first-order chi connectivity index (χ1) is 9.20. The Balaban J connectivity index is 0. The van der Waals surface area contributed by atoms with E-state index in [-0.39, 0.29) is 12.6 Å². The predicted molar refractivity (Wildman–Crippen MR) is 80.4 cm³/mol. The lowest BCUT2D eigenvalue weighted by Gasteiger charge is -2.06. The van der Waals surface area contributed by atoms with Gasteiger partial charge in [0.2, 0.25) is 0 Å². The van der Waals surface area contributed by atoms with E-state index in [9.17, 15) is 4.79 Å². The van der Waals surface area contributed by atoms with Crippen LogP contribution in [0.25, 0.3) is 0 Å². The van der Waals surface area contributed by atoms with E-state index < -0.39 is 0 Å². The van der Waals surface area contributed by atoms with Crippen LogP contribution in [0.15, 0.2) is 42.5 Å². The van der Waals surface area contributed by atoms with Gasteiger partial charge in [0.05, 0.1) is 0 Å². The molecule has 0 atom stereocenters. The van der Waals surface area contributed by atoms with Crippen LogP contribution in [0.3, 0.4) is 0 Å². The molecule has 0 fully saturated rings. The van der Waals surface area contributed by atoms with Crippen LogP contribution in [-0.2, 0) is 9.53 Å². The molecular weight excluding hydrogens is 240 g/mol. The molecule has 0 aliphatic heterocycles. The Bertz CT molecular complexity index is 331. The van der Waals surface area contributed by atoms with Gasteiger partial charge in [0.25, 0.3) is 0 Å². The van der Waals surface area contributed by atoms with Crippen LogP contribution in [0, 0.1) is 0 Å². The van der Waals surface area contributed by atoms with Gasteiger partial charge in [-0.3, -0.25) is 0 Å². The molecule has 0 aliphatic carbocycles. The lowest BCUT2D eigenvalue weighted by atomic mass is 10.3. The lowest BCUT2D eigenvalue weighted by Crippen LogP contribution is -2.12. The zero-order valence-electron chi connectivity index (χ0n) is 12.7. The summed E-state index contributed by atoms with van der Waals surface area (Å²) in [5, 5.41) is 0. The summed E-state index contributed by atoms with van der Waals surface area (Å²) >= 11 is 0. The van der Waals surface area contributed by atoms with Crippen LogP contribution in [0.1, 0.15) is 34.6 Å². The van der Waals surface area contributed by atoms with E-state index in [0.717, 1.165) is 5.75 Å². The standard InChI is InChI=1S/C12H14O3.2C2H6/c1-10(2)12(13)15-9-8-14-11-6-4-3-5-7-11;2*1-2/h3-7H,1,8-9H2,2H3;2*1-2H3. The molecule has 0 unspecified atom stereocenters. The topological polar surface area (TPSA) is 35.5 Å². The third-order valence-corrected chi connectivity index (χ3v) is 1.68. The second-order valence-electron chi connectivity index (χ2n) is 3.08. The van der Waals surface area contributed by atoms with Gasteiger partial charge < -0.3 is 9.47 Å². The Morgan fingerprint density at radius 1 is 1.05 bits per heavy atom. The SMILES string of the molecule is C=C(C)C(=O)OCCOc1ccccc1.CC.CC. The molecule has 0 spiro atoms. The minimum Gasteiger partial charge on any atom is -0.490 e. The molecular formula is C16H26O3. The number of carbonyl (C=O) groups excluding carboxylic acids is 1. The second-order valence-corrected chi connectivity index (χ2v) is 3.08. The molecule has 1 aromatic carbocycles. The molecule has 0 heterocycles. The minimum absolute atomic E-state index is 0.237. The number of hydrogen-bond acceptors (Lipinski definition) is 3. The first kappa shape index (κ1) is 19.6. The summed E-state index contributed by atoms with van der Waals surface area (Å²) in [6.07, 6.45) is 0. The highest BCUT2D eigenvalue weighted by molar-refractivity contribution is 5.86. The van der Waals surface area contributed by atoms with Crippen LogP contribution in [0.5, 0.6) is 5.75 Å². The van der Waals surface area contributed by atoms with Crippen molar-refractivity contribution in [3.8, 4) is 5.75 Å². The second kappa shape index (κ2) is 14.3. The molecule has 0 aliphatic rings. The van der Waals surface area contributed by atoms with Crippen molar-refractivity contribution < 1.29 is 14.3 Å². The zero-order chi connectivity index (χ0) is 15.1. The average molecular weight is 266 g/mol. The van der Waals surface area contributed by atoms with Gasteiger partial charge >= 0.3 is 5.97 Å². The fraction of sp³-hybridized carbons (Fsp3) is 0.438. The Morgan fingerprint density at radius 2 is 1.58 bits per heavy atom. The summed E-state index contributed by atoms with van der Waals surface area (Å²) in [7, 11) is 0. The van der Waals surface area contributed by atoms with E-state index >= 15 is 0 Å². The van der Waals surface area contributed by atoms with Crippen molar-refractivity contribution >= 4 is 5.97 Å². The summed E-state index contributed by atoms with van der Waals surface area (Å²) in [4.78, 5) is 11.0. The summed E-state index contributed by atoms with van der Waals surface area (Å²) in [6, 6.07) is 9.37. The van der Waals surface area contributed by atoms with Crippen LogP contribution >= 0.6 is 0 Å². The summed E-state index contributed by atoms with van der Waals surface area (Å²) in [6.45, 7) is 13.7. The van der Waals surface area contributed by atoms with E-state index in [0.29, 0.717) is 12.2 Å². The molecule has 3 heteroatoms. The van der Waals surface area contributed by atoms with Crippen molar-refractivity contribution in [2.75, 3.05) is 13.2 Å². The van der Waals surface area contributed by atoms with E-state index in [2.05, 4.69) is 6.58 Å². The fourth-order valence-corrected chi connectivity index (χ4v) is 0.934.